The molecule has 3 rings (SSSR count). The molecule has 0 heterocycles. The van der Waals surface area contributed by atoms with Gasteiger partial charge in [-0.3, -0.25) is 0 Å². The van der Waals surface area contributed by atoms with Gasteiger partial charge < -0.3 is 10.2 Å². The number of para-hydroxylation sites is 1. The predicted molar refractivity (Wildman–Crippen MR) is 90.1 cm³/mol. The highest BCUT2D eigenvalue weighted by Gasteiger charge is 2.22. The molecule has 0 saturated carbocycles. The highest BCUT2D eigenvalue weighted by atomic mass is 35.5. The molecule has 1 atom stereocenters. The lowest BCUT2D eigenvalue weighted by Gasteiger charge is -2.19. The summed E-state index contributed by atoms with van der Waals surface area (Å²) in [7, 11) is 4.20. The van der Waals surface area contributed by atoms with E-state index >= 15 is 0 Å². The van der Waals surface area contributed by atoms with Crippen LogP contribution in [0.1, 0.15) is 16.7 Å². The Morgan fingerprint density at radius 3 is 2.67 bits per heavy atom. The Morgan fingerprint density at radius 1 is 1.10 bits per heavy atom. The van der Waals surface area contributed by atoms with Crippen LogP contribution in [0.3, 0.4) is 0 Å². The number of anilines is 1. The van der Waals surface area contributed by atoms with E-state index in [4.69, 9.17) is 11.6 Å². The maximum atomic E-state index is 6.09. The van der Waals surface area contributed by atoms with Crippen LogP contribution in [0, 0.1) is 0 Å². The van der Waals surface area contributed by atoms with Gasteiger partial charge in [0.2, 0.25) is 0 Å². The lowest BCUT2D eigenvalue weighted by atomic mass is 10.1. The fourth-order valence-corrected chi connectivity index (χ4v) is 3.24. The van der Waals surface area contributed by atoms with Crippen LogP contribution >= 0.6 is 11.6 Å². The first kappa shape index (κ1) is 14.4. The quantitative estimate of drug-likeness (QED) is 0.919. The number of halogens is 1. The number of benzene rings is 2. The summed E-state index contributed by atoms with van der Waals surface area (Å²) in [5, 5.41) is 4.55. The second-order valence-electron chi connectivity index (χ2n) is 6.06. The molecule has 0 aromatic heterocycles. The summed E-state index contributed by atoms with van der Waals surface area (Å²) < 4.78 is 0. The largest absolute Gasteiger partial charge is 0.381 e. The number of nitrogens with one attached hydrogen (secondary N) is 1. The van der Waals surface area contributed by atoms with E-state index in [0.29, 0.717) is 6.04 Å². The first-order valence-corrected chi connectivity index (χ1v) is 7.76. The van der Waals surface area contributed by atoms with Crippen LogP contribution in [0.2, 0.25) is 5.02 Å². The van der Waals surface area contributed by atoms with Gasteiger partial charge in [-0.25, -0.2) is 0 Å². The normalized spacial score (nSPS) is 17.0. The number of hydrogen-bond acceptors (Lipinski definition) is 2. The molecule has 0 bridgehead atoms. The van der Waals surface area contributed by atoms with Gasteiger partial charge in [0.1, 0.15) is 0 Å². The highest BCUT2D eigenvalue weighted by Crippen LogP contribution is 2.28. The summed E-state index contributed by atoms with van der Waals surface area (Å²) in [5.74, 6) is 0. The number of fused-ring (bicyclic) bond motifs is 1. The highest BCUT2D eigenvalue weighted by molar-refractivity contribution is 6.30. The second kappa shape index (κ2) is 6.08. The fourth-order valence-electron chi connectivity index (χ4n) is 3.05. The minimum Gasteiger partial charge on any atom is -0.381 e. The molecule has 21 heavy (non-hydrogen) atoms. The van der Waals surface area contributed by atoms with Gasteiger partial charge >= 0.3 is 0 Å². The average Bonchev–Trinajstić information content (AvgIpc) is 2.82. The van der Waals surface area contributed by atoms with Gasteiger partial charge in [-0.05, 0) is 61.8 Å². The zero-order valence-electron chi connectivity index (χ0n) is 12.6. The van der Waals surface area contributed by atoms with Gasteiger partial charge in [-0.15, -0.1) is 0 Å². The lowest BCUT2D eigenvalue weighted by Crippen LogP contribution is -2.21. The monoisotopic (exact) mass is 300 g/mol. The first-order chi connectivity index (χ1) is 10.1. The number of hydrogen-bond donors (Lipinski definition) is 1. The summed E-state index contributed by atoms with van der Waals surface area (Å²) in [6, 6.07) is 15.3. The van der Waals surface area contributed by atoms with Crippen LogP contribution in [0.5, 0.6) is 0 Å². The third-order valence-corrected chi connectivity index (χ3v) is 4.20. The summed E-state index contributed by atoms with van der Waals surface area (Å²) >= 11 is 6.09. The van der Waals surface area contributed by atoms with E-state index in [9.17, 15) is 0 Å². The maximum absolute atomic E-state index is 6.09. The average molecular weight is 301 g/mol. The van der Waals surface area contributed by atoms with E-state index in [-0.39, 0.29) is 0 Å². The predicted octanol–water partition coefficient (Wildman–Crippen LogP) is 3.98. The van der Waals surface area contributed by atoms with Crippen molar-refractivity contribution >= 4 is 17.3 Å². The summed E-state index contributed by atoms with van der Waals surface area (Å²) in [5.41, 5.74) is 5.39. The van der Waals surface area contributed by atoms with Crippen LogP contribution in [0.4, 0.5) is 5.69 Å². The third-order valence-electron chi connectivity index (χ3n) is 3.96. The molecular formula is C18H21ClN2. The Kier molecular flexibility index (Phi) is 4.18. The van der Waals surface area contributed by atoms with Crippen molar-refractivity contribution in [1.29, 1.82) is 0 Å². The van der Waals surface area contributed by atoms with E-state index in [1.165, 1.54) is 22.4 Å². The van der Waals surface area contributed by atoms with Crippen LogP contribution in [-0.4, -0.2) is 25.0 Å². The third kappa shape index (κ3) is 3.39. The van der Waals surface area contributed by atoms with Crippen LogP contribution in [0.25, 0.3) is 0 Å². The van der Waals surface area contributed by atoms with E-state index in [0.717, 1.165) is 24.4 Å². The Morgan fingerprint density at radius 2 is 1.86 bits per heavy atom. The molecule has 2 nitrogen and oxygen atoms in total. The fraction of sp³-hybridized carbons (Fsp3) is 0.333. The summed E-state index contributed by atoms with van der Waals surface area (Å²) in [6.07, 6.45) is 2.12. The van der Waals surface area contributed by atoms with Crippen molar-refractivity contribution < 1.29 is 0 Å². The SMILES string of the molecule is CN(C)Cc1ccccc1NC1Cc2ccc(Cl)cc2C1. The van der Waals surface area contributed by atoms with Crippen molar-refractivity contribution in [3.63, 3.8) is 0 Å². The zero-order chi connectivity index (χ0) is 14.8. The van der Waals surface area contributed by atoms with Crippen molar-refractivity contribution in [1.82, 2.24) is 4.90 Å². The van der Waals surface area contributed by atoms with Crippen molar-refractivity contribution in [2.45, 2.75) is 25.4 Å². The molecule has 1 aliphatic carbocycles. The maximum Gasteiger partial charge on any atom is 0.0408 e. The Hall–Kier alpha value is -1.51. The van der Waals surface area contributed by atoms with Gasteiger partial charge in [0.05, 0.1) is 0 Å². The summed E-state index contributed by atoms with van der Waals surface area (Å²) in [6.45, 7) is 0.953. The van der Waals surface area contributed by atoms with Gasteiger partial charge in [0.15, 0.2) is 0 Å². The molecule has 2 aromatic rings. The Bertz CT molecular complexity index is 637. The minimum absolute atomic E-state index is 0.460. The molecule has 3 heteroatoms. The molecule has 0 saturated heterocycles. The molecule has 0 radical (unpaired) electrons. The van der Waals surface area contributed by atoms with Crippen LogP contribution < -0.4 is 5.32 Å². The molecule has 110 valence electrons. The number of nitrogens with zero attached hydrogens (tertiary/aromatic N) is 1. The van der Waals surface area contributed by atoms with E-state index in [2.05, 4.69) is 60.7 Å². The van der Waals surface area contributed by atoms with Crippen molar-refractivity contribution in [3.05, 3.63) is 64.2 Å². The molecular weight excluding hydrogens is 280 g/mol. The smallest absolute Gasteiger partial charge is 0.0408 e. The topological polar surface area (TPSA) is 15.3 Å². The lowest BCUT2D eigenvalue weighted by molar-refractivity contribution is 0.403. The van der Waals surface area contributed by atoms with Crippen molar-refractivity contribution in [2.24, 2.45) is 0 Å². The van der Waals surface area contributed by atoms with Gasteiger partial charge in [-0.2, -0.15) is 0 Å². The molecule has 2 aromatic carbocycles. The Balaban J connectivity index is 1.74. The zero-order valence-corrected chi connectivity index (χ0v) is 13.3. The molecule has 0 spiro atoms. The van der Waals surface area contributed by atoms with E-state index in [1.807, 2.05) is 6.07 Å². The first-order valence-electron chi connectivity index (χ1n) is 7.38. The van der Waals surface area contributed by atoms with E-state index < -0.39 is 0 Å². The van der Waals surface area contributed by atoms with Crippen molar-refractivity contribution in [3.8, 4) is 0 Å². The Labute approximate surface area is 131 Å². The molecule has 0 aliphatic heterocycles. The standard InChI is InChI=1S/C18H21ClN2/c1-21(2)12-14-5-3-4-6-18(14)20-17-10-13-7-8-16(19)9-15(13)11-17/h3-9,17,20H,10-12H2,1-2H3. The van der Waals surface area contributed by atoms with Crippen molar-refractivity contribution in [2.75, 3.05) is 19.4 Å². The number of rotatable bonds is 4. The molecule has 1 aliphatic rings. The van der Waals surface area contributed by atoms with E-state index in [1.54, 1.807) is 0 Å². The summed E-state index contributed by atoms with van der Waals surface area (Å²) in [4.78, 5) is 2.20. The second-order valence-corrected chi connectivity index (χ2v) is 6.49. The van der Waals surface area contributed by atoms with Gasteiger partial charge in [-0.1, -0.05) is 35.9 Å². The van der Waals surface area contributed by atoms with Gasteiger partial charge in [0, 0.05) is 23.3 Å². The minimum atomic E-state index is 0.460. The molecule has 0 amide bonds. The molecule has 1 N–H and O–H groups in total. The van der Waals surface area contributed by atoms with Crippen LogP contribution in [-0.2, 0) is 19.4 Å². The van der Waals surface area contributed by atoms with Gasteiger partial charge in [0.25, 0.3) is 0 Å². The molecule has 0 fully saturated rings. The molecule has 1 unspecified atom stereocenters. The van der Waals surface area contributed by atoms with Crippen LogP contribution in [0.15, 0.2) is 42.5 Å².